The zero-order valence-corrected chi connectivity index (χ0v) is 5.07. The topological polar surface area (TPSA) is 50.4 Å². The zero-order valence-electron chi connectivity index (χ0n) is 5.07. The SMILES string of the molecule is CO.O=Cc1ccco1. The van der Waals surface area contributed by atoms with E-state index in [4.69, 9.17) is 5.11 Å². The molecule has 1 aromatic rings. The predicted octanol–water partition coefficient (Wildman–Crippen LogP) is 0.701. The van der Waals surface area contributed by atoms with Gasteiger partial charge in [-0.1, -0.05) is 0 Å². The second kappa shape index (κ2) is 5.05. The van der Waals surface area contributed by atoms with E-state index in [1.165, 1.54) is 6.26 Å². The Balaban J connectivity index is 0.000000291. The summed E-state index contributed by atoms with van der Waals surface area (Å²) in [6.45, 7) is 0. The molecule has 0 amide bonds. The van der Waals surface area contributed by atoms with E-state index >= 15 is 0 Å². The maximum absolute atomic E-state index is 9.77. The minimum absolute atomic E-state index is 0.375. The average molecular weight is 128 g/mol. The number of hydrogen-bond donors (Lipinski definition) is 1. The van der Waals surface area contributed by atoms with Crippen LogP contribution in [-0.2, 0) is 0 Å². The lowest BCUT2D eigenvalue weighted by atomic mass is 10.5. The van der Waals surface area contributed by atoms with Gasteiger partial charge in [0.1, 0.15) is 0 Å². The normalized spacial score (nSPS) is 7.33. The van der Waals surface area contributed by atoms with E-state index in [9.17, 15) is 4.79 Å². The summed E-state index contributed by atoms with van der Waals surface area (Å²) in [5, 5.41) is 7.00. The van der Waals surface area contributed by atoms with E-state index in [1.54, 1.807) is 12.1 Å². The van der Waals surface area contributed by atoms with E-state index in [1.807, 2.05) is 0 Å². The Bertz CT molecular complexity index is 143. The van der Waals surface area contributed by atoms with Gasteiger partial charge >= 0.3 is 0 Å². The first-order valence-electron chi connectivity index (χ1n) is 2.37. The monoisotopic (exact) mass is 128 g/mol. The van der Waals surface area contributed by atoms with Crippen molar-refractivity contribution in [2.24, 2.45) is 0 Å². The maximum Gasteiger partial charge on any atom is 0.185 e. The van der Waals surface area contributed by atoms with Crippen LogP contribution in [0.1, 0.15) is 10.6 Å². The van der Waals surface area contributed by atoms with Crippen molar-refractivity contribution in [1.29, 1.82) is 0 Å². The van der Waals surface area contributed by atoms with Gasteiger partial charge < -0.3 is 9.52 Å². The van der Waals surface area contributed by atoms with Crippen molar-refractivity contribution in [3.05, 3.63) is 24.2 Å². The van der Waals surface area contributed by atoms with Gasteiger partial charge in [-0.3, -0.25) is 4.79 Å². The van der Waals surface area contributed by atoms with Crippen LogP contribution in [0.5, 0.6) is 0 Å². The lowest BCUT2D eigenvalue weighted by molar-refractivity contribution is 0.110. The van der Waals surface area contributed by atoms with E-state index < -0.39 is 0 Å². The molecule has 0 saturated heterocycles. The molecule has 3 nitrogen and oxygen atoms in total. The molecule has 0 saturated carbocycles. The molecular weight excluding hydrogens is 120 g/mol. The van der Waals surface area contributed by atoms with Gasteiger partial charge in [-0.15, -0.1) is 0 Å². The summed E-state index contributed by atoms with van der Waals surface area (Å²) in [6.07, 6.45) is 2.13. The molecular formula is C6H8O3. The second-order valence-corrected chi connectivity index (χ2v) is 1.13. The Morgan fingerprint density at radius 2 is 2.33 bits per heavy atom. The van der Waals surface area contributed by atoms with Crippen LogP contribution in [-0.4, -0.2) is 18.5 Å². The minimum Gasteiger partial charge on any atom is -0.462 e. The molecule has 0 aliphatic rings. The maximum atomic E-state index is 9.77. The molecule has 1 rings (SSSR count). The molecule has 1 aromatic heterocycles. The fraction of sp³-hybridized carbons (Fsp3) is 0.167. The quantitative estimate of drug-likeness (QED) is 0.566. The number of hydrogen-bond acceptors (Lipinski definition) is 3. The number of rotatable bonds is 1. The van der Waals surface area contributed by atoms with Crippen molar-refractivity contribution in [3.8, 4) is 0 Å². The molecule has 9 heavy (non-hydrogen) atoms. The standard InChI is InChI=1S/C5H4O2.CH4O/c6-4-5-2-1-3-7-5;1-2/h1-4H;2H,1H3. The van der Waals surface area contributed by atoms with Gasteiger partial charge in [-0.25, -0.2) is 0 Å². The highest BCUT2D eigenvalue weighted by molar-refractivity contribution is 5.69. The van der Waals surface area contributed by atoms with Crippen LogP contribution in [0.25, 0.3) is 0 Å². The summed E-state index contributed by atoms with van der Waals surface area (Å²) in [5.41, 5.74) is 0. The Morgan fingerprint density at radius 3 is 2.56 bits per heavy atom. The molecule has 50 valence electrons. The second-order valence-electron chi connectivity index (χ2n) is 1.13. The van der Waals surface area contributed by atoms with Crippen LogP contribution in [0.15, 0.2) is 22.8 Å². The van der Waals surface area contributed by atoms with Crippen LogP contribution in [0, 0.1) is 0 Å². The van der Waals surface area contributed by atoms with Gasteiger partial charge in [-0.05, 0) is 12.1 Å². The van der Waals surface area contributed by atoms with Gasteiger partial charge in [0.2, 0.25) is 0 Å². The van der Waals surface area contributed by atoms with Gasteiger partial charge in [0, 0.05) is 7.11 Å². The molecule has 3 heteroatoms. The number of aliphatic hydroxyl groups is 1. The van der Waals surface area contributed by atoms with Crippen LogP contribution in [0.3, 0.4) is 0 Å². The summed E-state index contributed by atoms with van der Waals surface area (Å²) in [6, 6.07) is 3.27. The third-order valence-electron chi connectivity index (χ3n) is 0.659. The molecule has 1 N–H and O–H groups in total. The van der Waals surface area contributed by atoms with Crippen molar-refractivity contribution >= 4 is 6.29 Å². The Labute approximate surface area is 52.9 Å². The van der Waals surface area contributed by atoms with Crippen molar-refractivity contribution in [2.45, 2.75) is 0 Å². The molecule has 0 aromatic carbocycles. The van der Waals surface area contributed by atoms with Crippen molar-refractivity contribution < 1.29 is 14.3 Å². The summed E-state index contributed by atoms with van der Waals surface area (Å²) >= 11 is 0. The highest BCUT2D eigenvalue weighted by Crippen LogP contribution is 1.92. The third kappa shape index (κ3) is 2.66. The van der Waals surface area contributed by atoms with Gasteiger partial charge in [0.25, 0.3) is 0 Å². The highest BCUT2D eigenvalue weighted by Gasteiger charge is 1.84. The minimum atomic E-state index is 0.375. The fourth-order valence-electron chi connectivity index (χ4n) is 0.358. The number of aldehydes is 1. The number of furan rings is 1. The molecule has 0 fully saturated rings. The molecule has 0 bridgehead atoms. The number of carbonyl (C=O) groups excluding carboxylic acids is 1. The summed E-state index contributed by atoms with van der Waals surface area (Å²) in [5.74, 6) is 0.375. The van der Waals surface area contributed by atoms with E-state index in [2.05, 4.69) is 4.42 Å². The third-order valence-corrected chi connectivity index (χ3v) is 0.659. The van der Waals surface area contributed by atoms with Crippen LogP contribution < -0.4 is 0 Å². The van der Waals surface area contributed by atoms with Crippen molar-refractivity contribution in [2.75, 3.05) is 7.11 Å². The number of aliphatic hydroxyl groups excluding tert-OH is 1. The Morgan fingerprint density at radius 1 is 1.67 bits per heavy atom. The van der Waals surface area contributed by atoms with Gasteiger partial charge in [0.05, 0.1) is 6.26 Å². The molecule has 1 heterocycles. The molecule has 0 unspecified atom stereocenters. The fourth-order valence-corrected chi connectivity index (χ4v) is 0.358. The largest absolute Gasteiger partial charge is 0.462 e. The van der Waals surface area contributed by atoms with Crippen LogP contribution in [0.2, 0.25) is 0 Å². The molecule has 0 aliphatic carbocycles. The van der Waals surface area contributed by atoms with Crippen molar-refractivity contribution in [1.82, 2.24) is 0 Å². The van der Waals surface area contributed by atoms with E-state index in [0.29, 0.717) is 12.0 Å². The van der Waals surface area contributed by atoms with Gasteiger partial charge in [0.15, 0.2) is 12.0 Å². The lowest BCUT2D eigenvalue weighted by Crippen LogP contribution is -1.65. The molecule has 0 atom stereocenters. The molecule has 0 spiro atoms. The summed E-state index contributed by atoms with van der Waals surface area (Å²) in [7, 11) is 1.00. The van der Waals surface area contributed by atoms with E-state index in [-0.39, 0.29) is 0 Å². The Kier molecular flexibility index (Phi) is 4.44. The van der Waals surface area contributed by atoms with Crippen molar-refractivity contribution in [3.63, 3.8) is 0 Å². The lowest BCUT2D eigenvalue weighted by Gasteiger charge is -1.68. The van der Waals surface area contributed by atoms with Crippen LogP contribution in [0.4, 0.5) is 0 Å². The highest BCUT2D eigenvalue weighted by atomic mass is 16.3. The first-order valence-corrected chi connectivity index (χ1v) is 2.37. The first kappa shape index (κ1) is 7.91. The Hall–Kier alpha value is -1.09. The number of carbonyl (C=O) groups is 1. The molecule has 0 radical (unpaired) electrons. The summed E-state index contributed by atoms with van der Waals surface area (Å²) in [4.78, 5) is 9.77. The van der Waals surface area contributed by atoms with Crippen LogP contribution >= 0.6 is 0 Å². The smallest absolute Gasteiger partial charge is 0.185 e. The first-order chi connectivity index (χ1) is 4.43. The van der Waals surface area contributed by atoms with Gasteiger partial charge in [-0.2, -0.15) is 0 Å². The summed E-state index contributed by atoms with van der Waals surface area (Å²) < 4.78 is 4.61. The molecule has 0 aliphatic heterocycles. The average Bonchev–Trinajstić information content (AvgIpc) is 2.43. The predicted molar refractivity (Wildman–Crippen MR) is 32.2 cm³/mol. The van der Waals surface area contributed by atoms with E-state index in [0.717, 1.165) is 7.11 Å². The zero-order chi connectivity index (χ0) is 7.11.